The number of nitrogens with zero attached hydrogens (tertiary/aromatic N) is 5. The van der Waals surface area contributed by atoms with Crippen molar-refractivity contribution in [2.24, 2.45) is 0 Å². The van der Waals surface area contributed by atoms with E-state index in [1.165, 1.54) is 23.9 Å². The highest BCUT2D eigenvalue weighted by molar-refractivity contribution is 8.00. The summed E-state index contributed by atoms with van der Waals surface area (Å²) in [6.45, 7) is 5.80. The summed E-state index contributed by atoms with van der Waals surface area (Å²) >= 11 is 1.28. The molecule has 0 aliphatic heterocycles. The third-order valence-electron chi connectivity index (χ3n) is 4.81. The van der Waals surface area contributed by atoms with E-state index in [0.29, 0.717) is 22.5 Å². The fraction of sp³-hybridized carbons (Fsp3) is 0.217. The maximum absolute atomic E-state index is 13.5. The molecule has 1 N–H and O–H groups in total. The van der Waals surface area contributed by atoms with Gasteiger partial charge in [0.05, 0.1) is 11.4 Å². The smallest absolute Gasteiger partial charge is 0.238 e. The summed E-state index contributed by atoms with van der Waals surface area (Å²) in [5.74, 6) is 0.756. The molecule has 32 heavy (non-hydrogen) atoms. The lowest BCUT2D eigenvalue weighted by atomic mass is 10.2. The van der Waals surface area contributed by atoms with Crippen LogP contribution in [0.2, 0.25) is 0 Å². The average Bonchev–Trinajstić information content (AvgIpc) is 3.42. The molecule has 0 fully saturated rings. The standard InChI is InChI=1S/C23H23FN6OS/c1-15(2)30-20(13-14-25-30)26-22(31)16(3)32-23-28-27-21(17-7-5-4-6-8-17)29(23)19-11-9-18(24)10-12-19/h4-16H,1-3H3,(H,26,31). The molecular formula is C23H23FN6OS. The Morgan fingerprint density at radius 2 is 1.72 bits per heavy atom. The molecule has 0 radical (unpaired) electrons. The molecule has 164 valence electrons. The van der Waals surface area contributed by atoms with Crippen LogP contribution in [-0.4, -0.2) is 35.7 Å². The zero-order valence-electron chi connectivity index (χ0n) is 17.9. The summed E-state index contributed by atoms with van der Waals surface area (Å²) in [6, 6.07) is 17.6. The molecule has 0 saturated heterocycles. The summed E-state index contributed by atoms with van der Waals surface area (Å²) in [4.78, 5) is 12.9. The van der Waals surface area contributed by atoms with Gasteiger partial charge < -0.3 is 5.32 Å². The Bertz CT molecular complexity index is 1200. The van der Waals surface area contributed by atoms with Crippen molar-refractivity contribution < 1.29 is 9.18 Å². The molecule has 4 rings (SSSR count). The van der Waals surface area contributed by atoms with E-state index >= 15 is 0 Å². The van der Waals surface area contributed by atoms with E-state index in [1.54, 1.807) is 29.1 Å². The van der Waals surface area contributed by atoms with Gasteiger partial charge in [0, 0.05) is 23.4 Å². The maximum atomic E-state index is 13.5. The average molecular weight is 451 g/mol. The first kappa shape index (κ1) is 21.8. The van der Waals surface area contributed by atoms with Gasteiger partial charge in [0.15, 0.2) is 11.0 Å². The van der Waals surface area contributed by atoms with Crippen LogP contribution in [0.4, 0.5) is 10.2 Å². The lowest BCUT2D eigenvalue weighted by Crippen LogP contribution is -2.25. The van der Waals surface area contributed by atoms with Crippen molar-refractivity contribution in [1.82, 2.24) is 24.5 Å². The van der Waals surface area contributed by atoms with Crippen LogP contribution in [0, 0.1) is 5.82 Å². The normalized spacial score (nSPS) is 12.2. The van der Waals surface area contributed by atoms with Crippen molar-refractivity contribution >= 4 is 23.5 Å². The molecule has 0 aliphatic carbocycles. The van der Waals surface area contributed by atoms with Gasteiger partial charge in [0.25, 0.3) is 0 Å². The Hall–Kier alpha value is -3.46. The number of aromatic nitrogens is 5. The predicted molar refractivity (Wildman–Crippen MR) is 123 cm³/mol. The van der Waals surface area contributed by atoms with E-state index in [-0.39, 0.29) is 17.8 Å². The van der Waals surface area contributed by atoms with Crippen molar-refractivity contribution in [2.75, 3.05) is 5.32 Å². The number of carbonyl (C=O) groups excluding carboxylic acids is 1. The van der Waals surface area contributed by atoms with Crippen molar-refractivity contribution in [2.45, 2.75) is 37.2 Å². The van der Waals surface area contributed by atoms with E-state index < -0.39 is 5.25 Å². The third kappa shape index (κ3) is 4.57. The van der Waals surface area contributed by atoms with E-state index in [2.05, 4.69) is 20.6 Å². The molecule has 2 heterocycles. The van der Waals surface area contributed by atoms with Gasteiger partial charge in [-0.25, -0.2) is 9.07 Å². The third-order valence-corrected chi connectivity index (χ3v) is 5.85. The quantitative estimate of drug-likeness (QED) is 0.402. The summed E-state index contributed by atoms with van der Waals surface area (Å²) < 4.78 is 17.1. The second-order valence-corrected chi connectivity index (χ2v) is 8.80. The number of benzene rings is 2. The van der Waals surface area contributed by atoms with Crippen molar-refractivity contribution in [3.8, 4) is 17.1 Å². The van der Waals surface area contributed by atoms with Crippen LogP contribution in [0.15, 0.2) is 72.0 Å². The van der Waals surface area contributed by atoms with Crippen LogP contribution < -0.4 is 5.32 Å². The first-order valence-corrected chi connectivity index (χ1v) is 11.1. The molecule has 1 unspecified atom stereocenters. The molecule has 0 aliphatic rings. The second-order valence-electron chi connectivity index (χ2n) is 7.49. The maximum Gasteiger partial charge on any atom is 0.238 e. The fourth-order valence-electron chi connectivity index (χ4n) is 3.21. The molecule has 0 bridgehead atoms. The molecule has 1 amide bonds. The van der Waals surface area contributed by atoms with Gasteiger partial charge in [-0.3, -0.25) is 9.36 Å². The zero-order valence-corrected chi connectivity index (χ0v) is 18.8. The van der Waals surface area contributed by atoms with E-state index in [9.17, 15) is 9.18 Å². The monoisotopic (exact) mass is 450 g/mol. The van der Waals surface area contributed by atoms with Crippen molar-refractivity contribution in [3.63, 3.8) is 0 Å². The van der Waals surface area contributed by atoms with Gasteiger partial charge in [-0.1, -0.05) is 42.1 Å². The second kappa shape index (κ2) is 9.35. The Morgan fingerprint density at radius 3 is 2.41 bits per heavy atom. The molecule has 1 atom stereocenters. The fourth-order valence-corrected chi connectivity index (χ4v) is 4.08. The summed E-state index contributed by atoms with van der Waals surface area (Å²) in [5.41, 5.74) is 1.58. The number of anilines is 1. The molecular weight excluding hydrogens is 427 g/mol. The number of thioether (sulfide) groups is 1. The summed E-state index contributed by atoms with van der Waals surface area (Å²) in [7, 11) is 0. The van der Waals surface area contributed by atoms with E-state index in [4.69, 9.17) is 0 Å². The number of hydrogen-bond donors (Lipinski definition) is 1. The topological polar surface area (TPSA) is 77.6 Å². The largest absolute Gasteiger partial charge is 0.310 e. The Kier molecular flexibility index (Phi) is 6.36. The minimum absolute atomic E-state index is 0.123. The van der Waals surface area contributed by atoms with Crippen LogP contribution in [0.3, 0.4) is 0 Å². The van der Waals surface area contributed by atoms with E-state index in [1.807, 2.05) is 55.7 Å². The molecule has 7 nitrogen and oxygen atoms in total. The number of carbonyl (C=O) groups is 1. The predicted octanol–water partition coefficient (Wildman–Crippen LogP) is 4.97. The van der Waals surface area contributed by atoms with Gasteiger partial charge in [-0.05, 0) is 45.0 Å². The molecule has 0 spiro atoms. The van der Waals surface area contributed by atoms with Gasteiger partial charge in [0.1, 0.15) is 11.6 Å². The van der Waals surface area contributed by atoms with Crippen LogP contribution in [0.1, 0.15) is 26.8 Å². The lowest BCUT2D eigenvalue weighted by Gasteiger charge is -2.15. The highest BCUT2D eigenvalue weighted by Crippen LogP contribution is 2.30. The van der Waals surface area contributed by atoms with Gasteiger partial charge in [0.2, 0.25) is 5.91 Å². The lowest BCUT2D eigenvalue weighted by molar-refractivity contribution is -0.115. The first-order chi connectivity index (χ1) is 15.4. The Morgan fingerprint density at radius 1 is 1.00 bits per heavy atom. The van der Waals surface area contributed by atoms with Crippen molar-refractivity contribution in [3.05, 3.63) is 72.7 Å². The molecule has 9 heteroatoms. The minimum Gasteiger partial charge on any atom is -0.310 e. The number of hydrogen-bond acceptors (Lipinski definition) is 5. The van der Waals surface area contributed by atoms with Crippen LogP contribution in [0.5, 0.6) is 0 Å². The van der Waals surface area contributed by atoms with Crippen molar-refractivity contribution in [1.29, 1.82) is 0 Å². The zero-order chi connectivity index (χ0) is 22.7. The first-order valence-electron chi connectivity index (χ1n) is 10.2. The van der Waals surface area contributed by atoms with E-state index in [0.717, 1.165) is 5.56 Å². The van der Waals surface area contributed by atoms with Crippen LogP contribution in [0.25, 0.3) is 17.1 Å². The Balaban J connectivity index is 1.63. The molecule has 0 saturated carbocycles. The van der Waals surface area contributed by atoms with Crippen LogP contribution >= 0.6 is 11.8 Å². The number of rotatable bonds is 7. The highest BCUT2D eigenvalue weighted by atomic mass is 32.2. The molecule has 4 aromatic rings. The van der Waals surface area contributed by atoms with Gasteiger partial charge in [-0.15, -0.1) is 10.2 Å². The summed E-state index contributed by atoms with van der Waals surface area (Å²) in [6.07, 6.45) is 1.66. The van der Waals surface area contributed by atoms with Gasteiger partial charge in [-0.2, -0.15) is 5.10 Å². The number of halogens is 1. The minimum atomic E-state index is -0.461. The summed E-state index contributed by atoms with van der Waals surface area (Å²) in [5, 5.41) is 16.0. The highest BCUT2D eigenvalue weighted by Gasteiger charge is 2.23. The van der Waals surface area contributed by atoms with Gasteiger partial charge >= 0.3 is 0 Å². The number of amides is 1. The molecule has 2 aromatic heterocycles. The Labute approximate surface area is 189 Å². The van der Waals surface area contributed by atoms with Crippen LogP contribution in [-0.2, 0) is 4.79 Å². The SMILES string of the molecule is CC(Sc1nnc(-c2ccccc2)n1-c1ccc(F)cc1)C(=O)Nc1ccnn1C(C)C. The molecule has 2 aromatic carbocycles. The number of nitrogens with one attached hydrogen (secondary N) is 1.